The zero-order valence-electron chi connectivity index (χ0n) is 12.2. The molecular weight excluding hydrogens is 350 g/mol. The second-order valence-corrected chi connectivity index (χ2v) is 6.45. The fourth-order valence-electron chi connectivity index (χ4n) is 2.04. The molecule has 21 heavy (non-hydrogen) atoms. The van der Waals surface area contributed by atoms with E-state index in [1.165, 1.54) is 5.56 Å². The number of hydrogen-bond donors (Lipinski definition) is 1. The maximum atomic E-state index is 6.09. The van der Waals surface area contributed by atoms with Gasteiger partial charge in [0.05, 0.1) is 4.47 Å². The van der Waals surface area contributed by atoms with Crippen molar-refractivity contribution in [1.82, 2.24) is 0 Å². The summed E-state index contributed by atoms with van der Waals surface area (Å²) in [6, 6.07) is 11.8. The van der Waals surface area contributed by atoms with E-state index < -0.39 is 0 Å². The van der Waals surface area contributed by atoms with Gasteiger partial charge in [0.25, 0.3) is 0 Å². The van der Waals surface area contributed by atoms with E-state index in [-0.39, 0.29) is 6.04 Å². The standard InChI is InChI=1S/C17H19BrClNO/c1-3-14(20)10-12-9-13(19)5-7-16(12)21-17-6-4-11(2)8-15(17)18/h4-9,14H,3,10,20H2,1-2H3. The Hall–Kier alpha value is -1.03. The van der Waals surface area contributed by atoms with Crippen LogP contribution in [0.15, 0.2) is 40.9 Å². The normalized spacial score (nSPS) is 12.2. The third kappa shape index (κ3) is 4.47. The molecule has 0 aliphatic heterocycles. The lowest BCUT2D eigenvalue weighted by Gasteiger charge is -2.15. The summed E-state index contributed by atoms with van der Waals surface area (Å²) in [5, 5.41) is 0.698. The van der Waals surface area contributed by atoms with Gasteiger partial charge in [0, 0.05) is 11.1 Å². The molecule has 0 saturated heterocycles. The van der Waals surface area contributed by atoms with Crippen molar-refractivity contribution >= 4 is 27.5 Å². The maximum Gasteiger partial charge on any atom is 0.141 e. The highest BCUT2D eigenvalue weighted by Crippen LogP contribution is 2.33. The highest BCUT2D eigenvalue weighted by molar-refractivity contribution is 9.10. The Morgan fingerprint density at radius 2 is 1.90 bits per heavy atom. The summed E-state index contributed by atoms with van der Waals surface area (Å²) in [6.45, 7) is 4.12. The fraction of sp³-hybridized carbons (Fsp3) is 0.294. The third-order valence-electron chi connectivity index (χ3n) is 3.34. The molecule has 2 nitrogen and oxygen atoms in total. The van der Waals surface area contributed by atoms with Crippen LogP contribution in [0.2, 0.25) is 5.02 Å². The molecule has 0 bridgehead atoms. The van der Waals surface area contributed by atoms with Gasteiger partial charge >= 0.3 is 0 Å². The molecule has 0 aliphatic carbocycles. The van der Waals surface area contributed by atoms with Gasteiger partial charge in [-0.3, -0.25) is 0 Å². The highest BCUT2D eigenvalue weighted by atomic mass is 79.9. The van der Waals surface area contributed by atoms with Crippen LogP contribution in [0.3, 0.4) is 0 Å². The molecule has 2 aromatic rings. The average Bonchev–Trinajstić information content (AvgIpc) is 2.44. The third-order valence-corrected chi connectivity index (χ3v) is 4.19. The zero-order valence-corrected chi connectivity index (χ0v) is 14.5. The second-order valence-electron chi connectivity index (χ2n) is 5.16. The molecule has 0 aromatic heterocycles. The van der Waals surface area contributed by atoms with Crippen molar-refractivity contribution in [2.24, 2.45) is 5.73 Å². The molecule has 0 radical (unpaired) electrons. The van der Waals surface area contributed by atoms with Crippen molar-refractivity contribution in [2.45, 2.75) is 32.7 Å². The minimum absolute atomic E-state index is 0.104. The van der Waals surface area contributed by atoms with Crippen molar-refractivity contribution in [2.75, 3.05) is 0 Å². The molecule has 0 aliphatic rings. The molecule has 2 N–H and O–H groups in total. The van der Waals surface area contributed by atoms with E-state index in [0.717, 1.165) is 34.4 Å². The van der Waals surface area contributed by atoms with E-state index in [4.69, 9.17) is 22.1 Å². The maximum absolute atomic E-state index is 6.09. The van der Waals surface area contributed by atoms with Crippen LogP contribution in [0.1, 0.15) is 24.5 Å². The lowest BCUT2D eigenvalue weighted by Crippen LogP contribution is -2.21. The van der Waals surface area contributed by atoms with Crippen LogP contribution in [0.25, 0.3) is 0 Å². The summed E-state index contributed by atoms with van der Waals surface area (Å²) >= 11 is 9.63. The Morgan fingerprint density at radius 3 is 2.57 bits per heavy atom. The minimum atomic E-state index is 0.104. The van der Waals surface area contributed by atoms with Crippen LogP contribution in [-0.4, -0.2) is 6.04 Å². The van der Waals surface area contributed by atoms with E-state index in [2.05, 4.69) is 22.9 Å². The van der Waals surface area contributed by atoms with Gasteiger partial charge < -0.3 is 10.5 Å². The van der Waals surface area contributed by atoms with Crippen LogP contribution >= 0.6 is 27.5 Å². The Bertz CT molecular complexity index is 630. The lowest BCUT2D eigenvalue weighted by atomic mass is 10.0. The van der Waals surface area contributed by atoms with E-state index in [1.54, 1.807) is 0 Å². The monoisotopic (exact) mass is 367 g/mol. The summed E-state index contributed by atoms with van der Waals surface area (Å²) in [5.74, 6) is 1.59. The SMILES string of the molecule is CCC(N)Cc1cc(Cl)ccc1Oc1ccc(C)cc1Br. The van der Waals surface area contributed by atoms with Crippen LogP contribution < -0.4 is 10.5 Å². The Morgan fingerprint density at radius 1 is 1.19 bits per heavy atom. The van der Waals surface area contributed by atoms with Crippen LogP contribution in [0, 0.1) is 6.92 Å². The number of halogens is 2. The molecule has 0 saturated carbocycles. The predicted molar refractivity (Wildman–Crippen MR) is 92.4 cm³/mol. The first-order chi connectivity index (χ1) is 9.99. The number of hydrogen-bond acceptors (Lipinski definition) is 2. The molecule has 1 unspecified atom stereocenters. The highest BCUT2D eigenvalue weighted by Gasteiger charge is 2.11. The van der Waals surface area contributed by atoms with Gasteiger partial charge in [0.15, 0.2) is 0 Å². The van der Waals surface area contributed by atoms with Gasteiger partial charge in [-0.05, 0) is 77.2 Å². The van der Waals surface area contributed by atoms with Crippen molar-refractivity contribution in [3.05, 3.63) is 57.0 Å². The van der Waals surface area contributed by atoms with Gasteiger partial charge in [0.2, 0.25) is 0 Å². The summed E-state index contributed by atoms with van der Waals surface area (Å²) in [7, 11) is 0. The Labute approximate surface area is 139 Å². The molecule has 0 fully saturated rings. The van der Waals surface area contributed by atoms with Gasteiger partial charge in [-0.15, -0.1) is 0 Å². The molecular formula is C17H19BrClNO. The first kappa shape index (κ1) is 16.3. The molecule has 4 heteroatoms. The smallest absolute Gasteiger partial charge is 0.141 e. The van der Waals surface area contributed by atoms with E-state index >= 15 is 0 Å². The number of rotatable bonds is 5. The van der Waals surface area contributed by atoms with E-state index in [0.29, 0.717) is 5.02 Å². The Kier molecular flexibility index (Phi) is 5.68. The lowest BCUT2D eigenvalue weighted by molar-refractivity contribution is 0.469. The number of benzene rings is 2. The number of aryl methyl sites for hydroxylation is 1. The van der Waals surface area contributed by atoms with Crippen molar-refractivity contribution in [3.8, 4) is 11.5 Å². The molecule has 2 rings (SSSR count). The van der Waals surface area contributed by atoms with Crippen molar-refractivity contribution in [3.63, 3.8) is 0 Å². The topological polar surface area (TPSA) is 35.2 Å². The molecule has 0 heterocycles. The first-order valence-electron chi connectivity index (χ1n) is 6.97. The average molecular weight is 369 g/mol. The summed E-state index contributed by atoms with van der Waals surface area (Å²) in [5.41, 5.74) is 8.27. The van der Waals surface area contributed by atoms with E-state index in [1.807, 2.05) is 43.3 Å². The van der Waals surface area contributed by atoms with Crippen molar-refractivity contribution in [1.29, 1.82) is 0 Å². The number of nitrogens with two attached hydrogens (primary N) is 1. The van der Waals surface area contributed by atoms with Crippen LogP contribution in [-0.2, 0) is 6.42 Å². The predicted octanol–water partition coefficient (Wildman–Crippen LogP) is 5.48. The molecule has 112 valence electrons. The first-order valence-corrected chi connectivity index (χ1v) is 8.14. The van der Waals surface area contributed by atoms with Gasteiger partial charge in [-0.25, -0.2) is 0 Å². The number of ether oxygens (including phenoxy) is 1. The quantitative estimate of drug-likeness (QED) is 0.758. The fourth-order valence-corrected chi connectivity index (χ4v) is 2.81. The van der Waals surface area contributed by atoms with Gasteiger partial charge in [-0.2, -0.15) is 0 Å². The molecule has 2 aromatic carbocycles. The summed E-state index contributed by atoms with van der Waals surface area (Å²) in [6.07, 6.45) is 1.66. The van der Waals surface area contributed by atoms with Gasteiger partial charge in [-0.1, -0.05) is 24.6 Å². The molecule has 0 amide bonds. The zero-order chi connectivity index (χ0) is 15.4. The Balaban J connectivity index is 2.30. The second kappa shape index (κ2) is 7.30. The minimum Gasteiger partial charge on any atom is -0.456 e. The largest absolute Gasteiger partial charge is 0.456 e. The summed E-state index contributed by atoms with van der Waals surface area (Å²) in [4.78, 5) is 0. The molecule has 0 spiro atoms. The van der Waals surface area contributed by atoms with Gasteiger partial charge in [0.1, 0.15) is 11.5 Å². The van der Waals surface area contributed by atoms with Crippen LogP contribution in [0.5, 0.6) is 11.5 Å². The summed E-state index contributed by atoms with van der Waals surface area (Å²) < 4.78 is 6.97. The van der Waals surface area contributed by atoms with E-state index in [9.17, 15) is 0 Å². The molecule has 1 atom stereocenters. The van der Waals surface area contributed by atoms with Crippen LogP contribution in [0.4, 0.5) is 0 Å². The van der Waals surface area contributed by atoms with Crippen molar-refractivity contribution < 1.29 is 4.74 Å².